The molecule has 1 saturated carbocycles. The first-order valence-corrected chi connectivity index (χ1v) is 6.24. The van der Waals surface area contributed by atoms with Gasteiger partial charge in [0.25, 0.3) is 5.69 Å². The van der Waals surface area contributed by atoms with Crippen LogP contribution in [0.2, 0.25) is 0 Å². The molecule has 1 fully saturated rings. The third-order valence-electron chi connectivity index (χ3n) is 3.19. The van der Waals surface area contributed by atoms with Gasteiger partial charge in [-0.1, -0.05) is 13.3 Å². The zero-order chi connectivity index (χ0) is 13.1. The van der Waals surface area contributed by atoms with Crippen LogP contribution in [-0.2, 0) is 0 Å². The number of pyridine rings is 1. The number of nitro groups is 1. The monoisotopic (exact) mass is 250 g/mol. The van der Waals surface area contributed by atoms with E-state index in [1.54, 1.807) is 7.05 Å². The second-order valence-electron chi connectivity index (χ2n) is 4.64. The molecule has 0 bridgehead atoms. The lowest BCUT2D eigenvalue weighted by Gasteiger charge is -2.07. The molecule has 2 N–H and O–H groups in total. The van der Waals surface area contributed by atoms with Crippen molar-refractivity contribution in [1.29, 1.82) is 0 Å². The first kappa shape index (κ1) is 12.6. The van der Waals surface area contributed by atoms with E-state index in [0.29, 0.717) is 23.6 Å². The highest BCUT2D eigenvalue weighted by Crippen LogP contribution is 2.37. The summed E-state index contributed by atoms with van der Waals surface area (Å²) in [6, 6.07) is 3.34. The minimum atomic E-state index is -0.399. The maximum atomic E-state index is 10.8. The van der Waals surface area contributed by atoms with Gasteiger partial charge in [0.15, 0.2) is 0 Å². The third-order valence-corrected chi connectivity index (χ3v) is 3.19. The van der Waals surface area contributed by atoms with Gasteiger partial charge in [-0.2, -0.15) is 0 Å². The highest BCUT2D eigenvalue weighted by molar-refractivity contribution is 5.55. The lowest BCUT2D eigenvalue weighted by molar-refractivity contribution is -0.384. The van der Waals surface area contributed by atoms with Crippen molar-refractivity contribution in [3.63, 3.8) is 0 Å². The second kappa shape index (κ2) is 5.20. The molecule has 1 heterocycles. The van der Waals surface area contributed by atoms with Gasteiger partial charge in [-0.3, -0.25) is 10.1 Å². The van der Waals surface area contributed by atoms with Gasteiger partial charge in [0.1, 0.15) is 11.6 Å². The van der Waals surface area contributed by atoms with E-state index >= 15 is 0 Å². The second-order valence-corrected chi connectivity index (χ2v) is 4.64. The van der Waals surface area contributed by atoms with E-state index in [9.17, 15) is 10.1 Å². The Kier molecular flexibility index (Phi) is 3.64. The van der Waals surface area contributed by atoms with Crippen molar-refractivity contribution >= 4 is 17.3 Å². The Morgan fingerprint density at radius 3 is 2.83 bits per heavy atom. The van der Waals surface area contributed by atoms with Crippen molar-refractivity contribution in [2.75, 3.05) is 17.7 Å². The van der Waals surface area contributed by atoms with Gasteiger partial charge in [-0.15, -0.1) is 0 Å². The fraction of sp³-hybridized carbons (Fsp3) is 0.583. The first-order chi connectivity index (χ1) is 8.63. The lowest BCUT2D eigenvalue weighted by atomic mass is 10.2. The average Bonchev–Trinajstić information content (AvgIpc) is 3.07. The van der Waals surface area contributed by atoms with Crippen molar-refractivity contribution in [2.24, 2.45) is 5.92 Å². The summed E-state index contributed by atoms with van der Waals surface area (Å²) in [5.74, 6) is 1.78. The van der Waals surface area contributed by atoms with Crippen molar-refractivity contribution in [2.45, 2.75) is 32.2 Å². The third kappa shape index (κ3) is 2.88. The molecule has 2 rings (SSSR count). The molecule has 6 nitrogen and oxygen atoms in total. The fourth-order valence-corrected chi connectivity index (χ4v) is 2.13. The summed E-state index contributed by atoms with van der Waals surface area (Å²) in [6.45, 7) is 2.17. The van der Waals surface area contributed by atoms with Crippen LogP contribution >= 0.6 is 0 Å². The Bertz CT molecular complexity index is 450. The van der Waals surface area contributed by atoms with Crippen LogP contribution in [0, 0.1) is 16.0 Å². The molecule has 98 valence electrons. The van der Waals surface area contributed by atoms with Gasteiger partial charge in [0.05, 0.1) is 17.1 Å². The Balaban J connectivity index is 2.08. The smallest absolute Gasteiger partial charge is 0.276 e. The van der Waals surface area contributed by atoms with Crippen LogP contribution in [0.3, 0.4) is 0 Å². The Morgan fingerprint density at radius 1 is 1.50 bits per heavy atom. The van der Waals surface area contributed by atoms with E-state index < -0.39 is 4.92 Å². The SMILES string of the molecule is CCCC1CC1Nc1cc([N+](=O)[O-])cc(NC)n1. The highest BCUT2D eigenvalue weighted by atomic mass is 16.6. The minimum Gasteiger partial charge on any atom is -0.373 e. The molecule has 2 unspecified atom stereocenters. The maximum Gasteiger partial charge on any atom is 0.276 e. The topological polar surface area (TPSA) is 80.1 Å². The quantitative estimate of drug-likeness (QED) is 0.599. The van der Waals surface area contributed by atoms with Crippen molar-refractivity contribution in [3.8, 4) is 0 Å². The molecule has 0 aliphatic heterocycles. The normalized spacial score (nSPS) is 21.4. The summed E-state index contributed by atoms with van der Waals surface area (Å²) < 4.78 is 0. The van der Waals surface area contributed by atoms with E-state index in [2.05, 4.69) is 22.5 Å². The molecule has 18 heavy (non-hydrogen) atoms. The Morgan fingerprint density at radius 2 is 2.22 bits per heavy atom. The molecule has 1 aliphatic rings. The van der Waals surface area contributed by atoms with Gasteiger partial charge in [0, 0.05) is 13.1 Å². The largest absolute Gasteiger partial charge is 0.373 e. The number of hydrogen-bond acceptors (Lipinski definition) is 5. The Hall–Kier alpha value is -1.85. The van der Waals surface area contributed by atoms with E-state index in [1.807, 2.05) is 0 Å². The number of rotatable bonds is 6. The van der Waals surface area contributed by atoms with Gasteiger partial charge >= 0.3 is 0 Å². The molecule has 6 heteroatoms. The van der Waals surface area contributed by atoms with Gasteiger partial charge in [-0.05, 0) is 18.8 Å². The molecule has 0 radical (unpaired) electrons. The van der Waals surface area contributed by atoms with Crippen LogP contribution in [0.5, 0.6) is 0 Å². The number of hydrogen-bond donors (Lipinski definition) is 2. The molecule has 2 atom stereocenters. The molecular formula is C12H18N4O2. The predicted octanol–water partition coefficient (Wildman–Crippen LogP) is 2.63. The fourth-order valence-electron chi connectivity index (χ4n) is 2.13. The van der Waals surface area contributed by atoms with E-state index in [4.69, 9.17) is 0 Å². The standard InChI is InChI=1S/C12H18N4O2/c1-3-4-8-5-10(8)14-12-7-9(16(17)18)6-11(13-2)15-12/h6-8,10H,3-5H2,1-2H3,(H2,13,14,15). The van der Waals surface area contributed by atoms with E-state index in [1.165, 1.54) is 25.0 Å². The number of nitrogens with one attached hydrogen (secondary N) is 2. The summed E-state index contributed by atoms with van der Waals surface area (Å²) in [7, 11) is 1.70. The van der Waals surface area contributed by atoms with Gasteiger partial charge in [-0.25, -0.2) is 4.98 Å². The lowest BCUT2D eigenvalue weighted by Crippen LogP contribution is -2.08. The summed E-state index contributed by atoms with van der Waals surface area (Å²) in [6.07, 6.45) is 3.51. The van der Waals surface area contributed by atoms with Crippen LogP contribution in [0.1, 0.15) is 26.2 Å². The number of anilines is 2. The van der Waals surface area contributed by atoms with E-state index in [0.717, 1.165) is 6.42 Å². The number of nitrogens with zero attached hydrogens (tertiary/aromatic N) is 2. The molecule has 1 aromatic heterocycles. The van der Waals surface area contributed by atoms with Crippen molar-refractivity contribution in [1.82, 2.24) is 4.98 Å². The Labute approximate surface area is 106 Å². The maximum absolute atomic E-state index is 10.8. The van der Waals surface area contributed by atoms with Crippen LogP contribution < -0.4 is 10.6 Å². The molecule has 0 amide bonds. The highest BCUT2D eigenvalue weighted by Gasteiger charge is 2.36. The zero-order valence-electron chi connectivity index (χ0n) is 10.6. The van der Waals surface area contributed by atoms with E-state index in [-0.39, 0.29) is 5.69 Å². The summed E-state index contributed by atoms with van der Waals surface area (Å²) in [4.78, 5) is 14.7. The molecule has 1 aliphatic carbocycles. The van der Waals surface area contributed by atoms with Crippen molar-refractivity contribution in [3.05, 3.63) is 22.2 Å². The molecule has 0 saturated heterocycles. The van der Waals surface area contributed by atoms with Crippen LogP contribution in [0.15, 0.2) is 12.1 Å². The summed E-state index contributed by atoms with van der Waals surface area (Å²) in [5, 5.41) is 16.9. The summed E-state index contributed by atoms with van der Waals surface area (Å²) >= 11 is 0. The molecule has 1 aromatic rings. The van der Waals surface area contributed by atoms with Crippen LogP contribution in [0.25, 0.3) is 0 Å². The first-order valence-electron chi connectivity index (χ1n) is 6.24. The predicted molar refractivity (Wildman–Crippen MR) is 70.9 cm³/mol. The zero-order valence-corrected chi connectivity index (χ0v) is 10.6. The van der Waals surface area contributed by atoms with Gasteiger partial charge < -0.3 is 10.6 Å². The molecule has 0 aromatic carbocycles. The summed E-state index contributed by atoms with van der Waals surface area (Å²) in [5.41, 5.74) is 0.0598. The van der Waals surface area contributed by atoms with Crippen molar-refractivity contribution < 1.29 is 4.92 Å². The van der Waals surface area contributed by atoms with Gasteiger partial charge in [0.2, 0.25) is 0 Å². The molecule has 0 spiro atoms. The average molecular weight is 250 g/mol. The molecular weight excluding hydrogens is 232 g/mol. The number of aromatic nitrogens is 1. The minimum absolute atomic E-state index is 0.0598. The van der Waals surface area contributed by atoms with Crippen LogP contribution in [0.4, 0.5) is 17.3 Å². The van der Waals surface area contributed by atoms with Crippen LogP contribution in [-0.4, -0.2) is 23.0 Å².